The van der Waals surface area contributed by atoms with Gasteiger partial charge in [-0.05, 0) is 49.1 Å². The quantitative estimate of drug-likeness (QED) is 0.771. The van der Waals surface area contributed by atoms with Gasteiger partial charge in [0.2, 0.25) is 0 Å². The third-order valence-corrected chi connectivity index (χ3v) is 4.92. The van der Waals surface area contributed by atoms with Crippen molar-refractivity contribution in [1.29, 1.82) is 0 Å². The van der Waals surface area contributed by atoms with Crippen molar-refractivity contribution in [3.05, 3.63) is 53.6 Å². The molecule has 0 saturated heterocycles. The molecule has 0 bridgehead atoms. The number of phenols is 1. The second kappa shape index (κ2) is 6.76. The molecule has 1 atom stereocenters. The molecule has 128 valence electrons. The summed E-state index contributed by atoms with van der Waals surface area (Å²) in [5.41, 5.74) is 1.98. The van der Waals surface area contributed by atoms with Crippen molar-refractivity contribution in [2.24, 2.45) is 0 Å². The Labute approximate surface area is 144 Å². The van der Waals surface area contributed by atoms with E-state index in [2.05, 4.69) is 20.8 Å². The van der Waals surface area contributed by atoms with Crippen LogP contribution in [0.5, 0.6) is 17.2 Å². The maximum atomic E-state index is 10.4. The van der Waals surface area contributed by atoms with Gasteiger partial charge < -0.3 is 14.6 Å². The second-order valence-electron chi connectivity index (χ2n) is 6.98. The van der Waals surface area contributed by atoms with Gasteiger partial charge in [-0.1, -0.05) is 39.0 Å². The molecule has 0 fully saturated rings. The summed E-state index contributed by atoms with van der Waals surface area (Å²) in [4.78, 5) is 0. The minimum absolute atomic E-state index is 0.0590. The molecular formula is C21H26O3. The number of rotatable bonds is 6. The molecule has 0 spiro atoms. The molecule has 3 heteroatoms. The lowest BCUT2D eigenvalue weighted by atomic mass is 9.79. The molecule has 0 saturated carbocycles. The van der Waals surface area contributed by atoms with Crippen molar-refractivity contribution in [3.63, 3.8) is 0 Å². The first-order valence-corrected chi connectivity index (χ1v) is 8.73. The molecule has 1 heterocycles. The van der Waals surface area contributed by atoms with Crippen LogP contribution in [0.25, 0.3) is 0 Å². The number of fused-ring (bicyclic) bond motifs is 1. The number of hydrogen-bond donors (Lipinski definition) is 1. The summed E-state index contributed by atoms with van der Waals surface area (Å²) in [5.74, 6) is 2.16. The first-order valence-electron chi connectivity index (χ1n) is 8.73. The van der Waals surface area contributed by atoms with Gasteiger partial charge in [-0.2, -0.15) is 0 Å². The van der Waals surface area contributed by atoms with E-state index in [-0.39, 0.29) is 11.5 Å². The Hall–Kier alpha value is -2.16. The number of phenolic OH excluding ortho intramolecular Hbond substituents is 1. The van der Waals surface area contributed by atoms with E-state index < -0.39 is 0 Å². The third-order valence-electron chi connectivity index (χ3n) is 4.92. The zero-order chi connectivity index (χ0) is 17.2. The highest BCUT2D eigenvalue weighted by molar-refractivity contribution is 5.52. The normalized spacial score (nSPS) is 18.0. The molecule has 1 aliphatic rings. The largest absolute Gasteiger partial charge is 0.508 e. The maximum Gasteiger partial charge on any atom is 0.124 e. The fourth-order valence-corrected chi connectivity index (χ4v) is 3.45. The third kappa shape index (κ3) is 3.21. The molecule has 3 rings (SSSR count). The van der Waals surface area contributed by atoms with Crippen LogP contribution in [0.3, 0.4) is 0 Å². The summed E-state index contributed by atoms with van der Waals surface area (Å²) in [6, 6.07) is 13.7. The summed E-state index contributed by atoms with van der Waals surface area (Å²) in [6.07, 6.45) is 2.75. The van der Waals surface area contributed by atoms with Gasteiger partial charge in [0, 0.05) is 11.0 Å². The monoisotopic (exact) mass is 326 g/mol. The van der Waals surface area contributed by atoms with E-state index in [1.54, 1.807) is 0 Å². The highest BCUT2D eigenvalue weighted by Crippen LogP contribution is 2.46. The summed E-state index contributed by atoms with van der Waals surface area (Å²) in [6.45, 7) is 7.13. The number of aryl methyl sites for hydroxylation is 1. The number of para-hydroxylation sites is 1. The van der Waals surface area contributed by atoms with Crippen LogP contribution in [0.2, 0.25) is 0 Å². The number of ether oxygens (including phenoxy) is 2. The van der Waals surface area contributed by atoms with Crippen molar-refractivity contribution < 1.29 is 14.6 Å². The van der Waals surface area contributed by atoms with Crippen LogP contribution in [0.15, 0.2) is 42.5 Å². The van der Waals surface area contributed by atoms with Gasteiger partial charge in [0.1, 0.15) is 23.4 Å². The van der Waals surface area contributed by atoms with Gasteiger partial charge in [0.25, 0.3) is 0 Å². The standard InChI is InChI=1S/C21H26O3/c1-4-20-21(2,3)17-14-18(22)15(13-19(17)24-20)9-8-12-23-16-10-6-5-7-11-16/h5-7,10-11,13-14,20,22H,4,8-9,12H2,1-3H3. The molecule has 0 aliphatic carbocycles. The predicted octanol–water partition coefficient (Wildman–Crippen LogP) is 4.85. The Morgan fingerprint density at radius 1 is 1.17 bits per heavy atom. The molecule has 1 unspecified atom stereocenters. The van der Waals surface area contributed by atoms with E-state index in [4.69, 9.17) is 9.47 Å². The fourth-order valence-electron chi connectivity index (χ4n) is 3.45. The zero-order valence-electron chi connectivity index (χ0n) is 14.7. The van der Waals surface area contributed by atoms with Gasteiger partial charge in [0.05, 0.1) is 6.61 Å². The first kappa shape index (κ1) is 16.7. The van der Waals surface area contributed by atoms with E-state index in [0.29, 0.717) is 12.4 Å². The topological polar surface area (TPSA) is 38.7 Å². The highest BCUT2D eigenvalue weighted by Gasteiger charge is 2.40. The van der Waals surface area contributed by atoms with Crippen LogP contribution >= 0.6 is 0 Å². The lowest BCUT2D eigenvalue weighted by Gasteiger charge is -2.24. The van der Waals surface area contributed by atoms with Crippen molar-refractivity contribution in [1.82, 2.24) is 0 Å². The number of hydrogen-bond acceptors (Lipinski definition) is 3. The van der Waals surface area contributed by atoms with Crippen LogP contribution < -0.4 is 9.47 Å². The van der Waals surface area contributed by atoms with Crippen LogP contribution in [0.4, 0.5) is 0 Å². The Bertz CT molecular complexity index is 692. The Morgan fingerprint density at radius 3 is 2.62 bits per heavy atom. The van der Waals surface area contributed by atoms with Gasteiger partial charge >= 0.3 is 0 Å². The predicted molar refractivity (Wildman–Crippen MR) is 96.1 cm³/mol. The molecule has 24 heavy (non-hydrogen) atoms. The molecule has 3 nitrogen and oxygen atoms in total. The zero-order valence-corrected chi connectivity index (χ0v) is 14.7. The smallest absolute Gasteiger partial charge is 0.124 e. The van der Waals surface area contributed by atoms with Gasteiger partial charge in [-0.15, -0.1) is 0 Å². The van der Waals surface area contributed by atoms with Crippen LogP contribution in [-0.2, 0) is 11.8 Å². The van der Waals surface area contributed by atoms with Crippen molar-refractivity contribution >= 4 is 0 Å². The molecular weight excluding hydrogens is 300 g/mol. The summed E-state index contributed by atoms with van der Waals surface area (Å²) >= 11 is 0. The van der Waals surface area contributed by atoms with Crippen LogP contribution in [0, 0.1) is 0 Å². The van der Waals surface area contributed by atoms with E-state index in [9.17, 15) is 5.11 Å². The van der Waals surface area contributed by atoms with Crippen molar-refractivity contribution in [2.75, 3.05) is 6.61 Å². The molecule has 2 aromatic carbocycles. The Kier molecular flexibility index (Phi) is 4.70. The van der Waals surface area contributed by atoms with E-state index in [1.807, 2.05) is 42.5 Å². The average Bonchev–Trinajstić information content (AvgIpc) is 2.83. The van der Waals surface area contributed by atoms with Gasteiger partial charge in [-0.3, -0.25) is 0 Å². The SMILES string of the molecule is CCC1Oc2cc(CCCOc3ccccc3)c(O)cc2C1(C)C. The fraction of sp³-hybridized carbons (Fsp3) is 0.429. The first-order chi connectivity index (χ1) is 11.5. The highest BCUT2D eigenvalue weighted by atomic mass is 16.5. The molecule has 2 aromatic rings. The van der Waals surface area contributed by atoms with Gasteiger partial charge in [-0.25, -0.2) is 0 Å². The minimum atomic E-state index is -0.0590. The Morgan fingerprint density at radius 2 is 1.92 bits per heavy atom. The van der Waals surface area contributed by atoms with E-state index >= 15 is 0 Å². The number of benzene rings is 2. The lowest BCUT2D eigenvalue weighted by Crippen LogP contribution is -2.31. The van der Waals surface area contributed by atoms with E-state index in [0.717, 1.165) is 41.9 Å². The molecule has 0 radical (unpaired) electrons. The van der Waals surface area contributed by atoms with Crippen LogP contribution in [-0.4, -0.2) is 17.8 Å². The molecule has 1 aliphatic heterocycles. The second-order valence-corrected chi connectivity index (χ2v) is 6.98. The minimum Gasteiger partial charge on any atom is -0.508 e. The molecule has 0 aromatic heterocycles. The summed E-state index contributed by atoms with van der Waals surface area (Å²) in [7, 11) is 0. The average molecular weight is 326 g/mol. The number of aromatic hydroxyl groups is 1. The maximum absolute atomic E-state index is 10.4. The molecule has 0 amide bonds. The van der Waals surface area contributed by atoms with E-state index in [1.165, 1.54) is 0 Å². The van der Waals surface area contributed by atoms with Crippen molar-refractivity contribution in [2.45, 2.75) is 51.6 Å². The van der Waals surface area contributed by atoms with Gasteiger partial charge in [0.15, 0.2) is 0 Å². The molecule has 1 N–H and O–H groups in total. The van der Waals surface area contributed by atoms with Crippen molar-refractivity contribution in [3.8, 4) is 17.2 Å². The lowest BCUT2D eigenvalue weighted by molar-refractivity contribution is 0.161. The summed E-state index contributed by atoms with van der Waals surface area (Å²) < 4.78 is 11.8. The van der Waals surface area contributed by atoms with Crippen LogP contribution in [0.1, 0.15) is 44.7 Å². The summed E-state index contributed by atoms with van der Waals surface area (Å²) in [5, 5.41) is 10.4. The Balaban J connectivity index is 1.64.